The van der Waals surface area contributed by atoms with E-state index in [4.69, 9.17) is 10.5 Å². The van der Waals surface area contributed by atoms with Crippen molar-refractivity contribution in [2.24, 2.45) is 5.73 Å². The largest absolute Gasteiger partial charge is 0.445 e. The highest BCUT2D eigenvalue weighted by molar-refractivity contribution is 5.87. The number of aryl methyl sites for hydroxylation is 2. The van der Waals surface area contributed by atoms with Crippen LogP contribution in [0.4, 0.5) is 4.79 Å². The van der Waals surface area contributed by atoms with E-state index in [9.17, 15) is 19.5 Å². The van der Waals surface area contributed by atoms with Gasteiger partial charge >= 0.3 is 6.09 Å². The maximum Gasteiger partial charge on any atom is 0.407 e. The highest BCUT2D eigenvalue weighted by Gasteiger charge is 2.21. The summed E-state index contributed by atoms with van der Waals surface area (Å²) in [4.78, 5) is 35.7. The third kappa shape index (κ3) is 8.47. The number of hydrogen-bond acceptors (Lipinski definition) is 5. The summed E-state index contributed by atoms with van der Waals surface area (Å²) < 4.78 is 5.04. The summed E-state index contributed by atoms with van der Waals surface area (Å²) >= 11 is 0. The quantitative estimate of drug-likeness (QED) is 0.456. The van der Waals surface area contributed by atoms with Gasteiger partial charge in [-0.15, -0.1) is 0 Å². The van der Waals surface area contributed by atoms with Crippen LogP contribution in [0.2, 0.25) is 0 Å². The van der Waals surface area contributed by atoms with Gasteiger partial charge in [0.15, 0.2) is 0 Å². The van der Waals surface area contributed by atoms with Crippen molar-refractivity contribution in [2.45, 2.75) is 45.4 Å². The molecule has 0 spiro atoms. The van der Waals surface area contributed by atoms with Gasteiger partial charge < -0.3 is 26.2 Å². The summed E-state index contributed by atoms with van der Waals surface area (Å²) in [7, 11) is 0. The second-order valence-electron chi connectivity index (χ2n) is 7.45. The molecule has 3 amide bonds. The Hall–Kier alpha value is -3.39. The van der Waals surface area contributed by atoms with Crippen molar-refractivity contribution in [3.63, 3.8) is 0 Å². The molecule has 31 heavy (non-hydrogen) atoms. The van der Waals surface area contributed by atoms with Crippen LogP contribution in [0.25, 0.3) is 0 Å². The smallest absolute Gasteiger partial charge is 0.407 e. The molecule has 0 bridgehead atoms. The van der Waals surface area contributed by atoms with Crippen molar-refractivity contribution >= 4 is 17.9 Å². The molecule has 0 aromatic heterocycles. The van der Waals surface area contributed by atoms with Gasteiger partial charge in [-0.05, 0) is 36.1 Å². The Morgan fingerprint density at radius 1 is 1.03 bits per heavy atom. The number of hydrogen-bond donors (Lipinski definition) is 4. The third-order valence-electron chi connectivity index (χ3n) is 4.81. The van der Waals surface area contributed by atoms with E-state index in [1.54, 1.807) is 0 Å². The zero-order valence-corrected chi connectivity index (χ0v) is 17.8. The molecule has 2 aromatic carbocycles. The standard InChI is InChI=1S/C23H29N3O5/c1-15-8-9-18(10-16(15)2)11-20(22(24)29)26-21(28)12-19(27)13-25-23(30)31-14-17-6-4-3-5-7-17/h3-10,19-20,27H,11-14H2,1-2H3,(H2,24,29)(H,25,30)(H,26,28)/t19-,20+/m1/s1. The number of rotatable bonds is 10. The number of primary amides is 1. The van der Waals surface area contributed by atoms with E-state index < -0.39 is 30.1 Å². The Morgan fingerprint density at radius 2 is 1.74 bits per heavy atom. The maximum atomic E-state index is 12.2. The van der Waals surface area contributed by atoms with Gasteiger partial charge in [0.2, 0.25) is 11.8 Å². The lowest BCUT2D eigenvalue weighted by molar-refractivity contribution is -0.128. The molecule has 2 atom stereocenters. The number of aliphatic hydroxyl groups excluding tert-OH is 1. The van der Waals surface area contributed by atoms with E-state index in [0.29, 0.717) is 0 Å². The summed E-state index contributed by atoms with van der Waals surface area (Å²) in [5.41, 5.74) is 9.33. The first-order chi connectivity index (χ1) is 14.7. The first-order valence-electron chi connectivity index (χ1n) is 10.0. The second kappa shape index (κ2) is 11.7. The number of amides is 3. The Balaban J connectivity index is 1.76. The van der Waals surface area contributed by atoms with E-state index in [1.807, 2.05) is 62.4 Å². The average molecular weight is 428 g/mol. The van der Waals surface area contributed by atoms with Crippen LogP contribution in [0.15, 0.2) is 48.5 Å². The molecule has 2 aromatic rings. The van der Waals surface area contributed by atoms with Crippen LogP contribution in [0, 0.1) is 13.8 Å². The van der Waals surface area contributed by atoms with E-state index in [2.05, 4.69) is 10.6 Å². The van der Waals surface area contributed by atoms with Gasteiger partial charge in [0.25, 0.3) is 0 Å². The Bertz CT molecular complexity index is 901. The minimum absolute atomic E-state index is 0.0992. The van der Waals surface area contributed by atoms with Gasteiger partial charge in [0.05, 0.1) is 12.5 Å². The lowest BCUT2D eigenvalue weighted by Gasteiger charge is -2.18. The second-order valence-corrected chi connectivity index (χ2v) is 7.45. The van der Waals surface area contributed by atoms with Crippen molar-refractivity contribution in [1.29, 1.82) is 0 Å². The fourth-order valence-electron chi connectivity index (χ4n) is 2.90. The zero-order chi connectivity index (χ0) is 22.8. The molecule has 8 heteroatoms. The number of ether oxygens (including phenoxy) is 1. The van der Waals surface area contributed by atoms with Crippen molar-refractivity contribution < 1.29 is 24.2 Å². The highest BCUT2D eigenvalue weighted by atomic mass is 16.5. The summed E-state index contributed by atoms with van der Waals surface area (Å²) in [5.74, 6) is -1.21. The number of alkyl carbamates (subject to hydrolysis) is 1. The molecule has 0 saturated carbocycles. The van der Waals surface area contributed by atoms with Gasteiger partial charge in [0.1, 0.15) is 12.6 Å². The van der Waals surface area contributed by atoms with E-state index in [1.165, 1.54) is 0 Å². The molecule has 0 unspecified atom stereocenters. The van der Waals surface area contributed by atoms with Crippen molar-refractivity contribution in [3.8, 4) is 0 Å². The predicted octanol–water partition coefficient (Wildman–Crippen LogP) is 1.49. The molecule has 5 N–H and O–H groups in total. The van der Waals surface area contributed by atoms with Gasteiger partial charge in [-0.25, -0.2) is 4.79 Å². The van der Waals surface area contributed by atoms with Gasteiger partial charge in [-0.1, -0.05) is 48.5 Å². The third-order valence-corrected chi connectivity index (χ3v) is 4.81. The number of aliphatic hydroxyl groups is 1. The average Bonchev–Trinajstić information content (AvgIpc) is 2.73. The molecule has 0 radical (unpaired) electrons. The normalized spacial score (nSPS) is 12.5. The highest BCUT2D eigenvalue weighted by Crippen LogP contribution is 2.12. The maximum absolute atomic E-state index is 12.2. The fraction of sp³-hybridized carbons (Fsp3) is 0.348. The molecular formula is C23H29N3O5. The van der Waals surface area contributed by atoms with Gasteiger partial charge in [-0.2, -0.15) is 0 Å². The molecule has 8 nitrogen and oxygen atoms in total. The van der Waals surface area contributed by atoms with Crippen LogP contribution in [0.3, 0.4) is 0 Å². The van der Waals surface area contributed by atoms with Crippen LogP contribution in [-0.4, -0.2) is 41.7 Å². The van der Waals surface area contributed by atoms with Crippen LogP contribution in [0.1, 0.15) is 28.7 Å². The molecule has 0 saturated heterocycles. The molecule has 166 valence electrons. The number of carbonyl (C=O) groups is 3. The van der Waals surface area contributed by atoms with Gasteiger partial charge in [0, 0.05) is 13.0 Å². The first-order valence-corrected chi connectivity index (χ1v) is 10.0. The fourth-order valence-corrected chi connectivity index (χ4v) is 2.90. The van der Waals surface area contributed by atoms with Crippen LogP contribution in [0.5, 0.6) is 0 Å². The number of benzene rings is 2. The number of nitrogens with two attached hydrogens (primary N) is 1. The van der Waals surface area contributed by atoms with Crippen LogP contribution >= 0.6 is 0 Å². The minimum atomic E-state index is -1.14. The van der Waals surface area contributed by atoms with Crippen LogP contribution in [-0.2, 0) is 27.4 Å². The summed E-state index contributed by atoms with van der Waals surface area (Å²) in [6.07, 6.45) is -1.88. The SMILES string of the molecule is Cc1ccc(C[C@H](NC(=O)C[C@@H](O)CNC(=O)OCc2ccccc2)C(N)=O)cc1C. The number of carbonyl (C=O) groups excluding carboxylic acids is 3. The zero-order valence-electron chi connectivity index (χ0n) is 17.8. The molecule has 2 rings (SSSR count). The topological polar surface area (TPSA) is 131 Å². The molecule has 0 heterocycles. The minimum Gasteiger partial charge on any atom is -0.445 e. The molecule has 0 aliphatic carbocycles. The lowest BCUT2D eigenvalue weighted by Crippen LogP contribution is -2.47. The Morgan fingerprint density at radius 3 is 2.39 bits per heavy atom. The van der Waals surface area contributed by atoms with E-state index in [-0.39, 0.29) is 26.0 Å². The Kier molecular flexibility index (Phi) is 9.02. The molecule has 0 aliphatic rings. The monoisotopic (exact) mass is 427 g/mol. The van der Waals surface area contributed by atoms with Crippen molar-refractivity contribution in [3.05, 3.63) is 70.8 Å². The van der Waals surface area contributed by atoms with Crippen molar-refractivity contribution in [1.82, 2.24) is 10.6 Å². The van der Waals surface area contributed by atoms with Gasteiger partial charge in [-0.3, -0.25) is 9.59 Å². The first kappa shape index (κ1) is 23.9. The Labute approximate surface area is 181 Å². The number of nitrogens with one attached hydrogen (secondary N) is 2. The lowest BCUT2D eigenvalue weighted by atomic mass is 10.0. The van der Waals surface area contributed by atoms with E-state index in [0.717, 1.165) is 22.3 Å². The molecule has 0 fully saturated rings. The van der Waals surface area contributed by atoms with Crippen LogP contribution < -0.4 is 16.4 Å². The predicted molar refractivity (Wildman–Crippen MR) is 116 cm³/mol. The summed E-state index contributed by atoms with van der Waals surface area (Å²) in [6, 6.07) is 14.0. The summed E-state index contributed by atoms with van der Waals surface area (Å²) in [6.45, 7) is 3.88. The van der Waals surface area contributed by atoms with Crippen molar-refractivity contribution in [2.75, 3.05) is 6.54 Å². The summed E-state index contributed by atoms with van der Waals surface area (Å²) in [5, 5.41) is 15.0. The van der Waals surface area contributed by atoms with E-state index >= 15 is 0 Å². The molecule has 0 aliphatic heterocycles. The molecular weight excluding hydrogens is 398 g/mol.